The molecule has 0 amide bonds. The van der Waals surface area contributed by atoms with Gasteiger partial charge in [-0.3, -0.25) is 0 Å². The number of sulfone groups is 8. The fourth-order valence-electron chi connectivity index (χ4n) is 12.8. The molecule has 16 atom stereocenters. The van der Waals surface area contributed by atoms with Crippen LogP contribution in [0.15, 0.2) is 0 Å². The van der Waals surface area contributed by atoms with Gasteiger partial charge in [-0.25, -0.2) is 67.3 Å². The Morgan fingerprint density at radius 1 is 0.210 bits per heavy atom. The van der Waals surface area contributed by atoms with Gasteiger partial charge in [-0.15, -0.1) is 0 Å². The van der Waals surface area contributed by atoms with Crippen LogP contribution in [0.5, 0.6) is 0 Å². The first-order valence-electron chi connectivity index (χ1n) is 35.9. The van der Waals surface area contributed by atoms with E-state index >= 15 is 0 Å². The quantitative estimate of drug-likeness (QED) is 0.0598. The lowest BCUT2D eigenvalue weighted by Gasteiger charge is -2.35. The van der Waals surface area contributed by atoms with Crippen LogP contribution in [0.2, 0.25) is 0 Å². The van der Waals surface area contributed by atoms with Crippen LogP contribution in [0.25, 0.3) is 0 Å². The van der Waals surface area contributed by atoms with E-state index in [0.29, 0.717) is 23.7 Å². The predicted octanol–water partition coefficient (Wildman–Crippen LogP) is 7.26. The monoisotopic (exact) mass is 1590 g/mol. The van der Waals surface area contributed by atoms with Crippen LogP contribution in [0.3, 0.4) is 0 Å². The van der Waals surface area contributed by atoms with E-state index in [1.807, 2.05) is 0 Å². The summed E-state index contributed by atoms with van der Waals surface area (Å²) in [5, 5.41) is 34.5. The average Bonchev–Trinajstić information content (AvgIpc) is 0.955. The second kappa shape index (κ2) is 42.9. The molecule has 8 fully saturated rings. The lowest BCUT2D eigenvalue weighted by molar-refractivity contribution is 0.0194. The first kappa shape index (κ1) is 97.3. The highest BCUT2D eigenvalue weighted by molar-refractivity contribution is 7.93. The maximum atomic E-state index is 11.3. The summed E-state index contributed by atoms with van der Waals surface area (Å²) in [6.45, 7) is 13.3. The van der Waals surface area contributed by atoms with Gasteiger partial charge in [0, 0.05) is 78.5 Å². The van der Waals surface area contributed by atoms with Crippen LogP contribution in [0, 0.1) is 47.3 Å². The van der Waals surface area contributed by atoms with Crippen molar-refractivity contribution in [3.63, 3.8) is 0 Å². The van der Waals surface area contributed by atoms with Gasteiger partial charge in [-0.2, -0.15) is 0 Å². The van der Waals surface area contributed by atoms with Gasteiger partial charge in [0.1, 0.15) is 0 Å². The molecule has 0 aliphatic heterocycles. The molecule has 0 aromatic carbocycles. The summed E-state index contributed by atoms with van der Waals surface area (Å²) in [4.78, 5) is 0. The van der Waals surface area contributed by atoms with E-state index in [9.17, 15) is 87.8 Å². The van der Waals surface area contributed by atoms with Crippen LogP contribution < -0.4 is 0 Å². The number of aliphatic hydroxyl groups is 4. The molecule has 32 heteroatoms. The first-order valence-corrected chi connectivity index (χ1v) is 51.5. The lowest BCUT2D eigenvalue weighted by atomic mass is 9.80. The van der Waals surface area contributed by atoms with Crippen LogP contribution in [0.1, 0.15) is 209 Å². The Balaban J connectivity index is 0.000000572. The molecular formula is C68H136O24S8. The molecule has 0 radical (unpaired) electrons. The SMILES string of the molecule is CO[C@@H](C1CCC1)[C@@H](C)S(C)(=O)=O.CO[C@@H](C1CCC1)[C@H](C)S(C)(=O)=O.CO[C@H](C1CCC1)[C@@H](C)S(C)(=O)=O.CO[C@H](C1CCC1)[C@H](C)S(C)(=O)=O.C[C@@H]([C@@H](O)C1CCC1)S(C)(=O)=O.C[C@@H]([C@H](O)C1CCC1)S(C)(=O)=O.C[C@H]([C@@H](O)C1CCC1)S(C)(=O)=O.C[C@H]([C@H](O)C1CCC1)S(C)(=O)=O. The molecule has 100 heavy (non-hydrogen) atoms. The molecule has 24 nitrogen and oxygen atoms in total. The third-order valence-electron chi connectivity index (χ3n) is 23.3. The van der Waals surface area contributed by atoms with Crippen molar-refractivity contribution in [2.24, 2.45) is 47.3 Å². The van der Waals surface area contributed by atoms with Gasteiger partial charge in [0.15, 0.2) is 78.7 Å². The van der Waals surface area contributed by atoms with Gasteiger partial charge in [0.2, 0.25) is 0 Å². The Labute approximate surface area is 607 Å². The highest BCUT2D eigenvalue weighted by Crippen LogP contribution is 2.39. The summed E-state index contributed by atoms with van der Waals surface area (Å²) >= 11 is 0. The molecule has 0 saturated heterocycles. The fourth-order valence-corrected chi connectivity index (χ4v) is 19.0. The van der Waals surface area contributed by atoms with Crippen molar-refractivity contribution in [1.82, 2.24) is 0 Å². The zero-order valence-electron chi connectivity index (χ0n) is 64.0. The van der Waals surface area contributed by atoms with Crippen molar-refractivity contribution < 1.29 is 107 Å². The summed E-state index contributed by atoms with van der Waals surface area (Å²) in [7, 11) is -17.7. The Morgan fingerprint density at radius 3 is 0.370 bits per heavy atom. The Bertz CT molecular complexity index is 2860. The molecule has 0 aromatic rings. The van der Waals surface area contributed by atoms with Gasteiger partial charge < -0.3 is 39.4 Å². The zero-order valence-corrected chi connectivity index (χ0v) is 70.6. The Kier molecular flexibility index (Phi) is 41.7. The van der Waals surface area contributed by atoms with E-state index in [-0.39, 0.29) is 69.1 Å². The highest BCUT2D eigenvalue weighted by Gasteiger charge is 2.41. The predicted molar refractivity (Wildman–Crippen MR) is 400 cm³/mol. The zero-order chi connectivity index (χ0) is 77.7. The number of aliphatic hydroxyl groups excluding tert-OH is 4. The molecule has 0 bridgehead atoms. The van der Waals surface area contributed by atoms with E-state index in [1.165, 1.54) is 75.7 Å². The molecule has 8 aliphatic carbocycles. The molecule has 600 valence electrons. The summed E-state index contributed by atoms with van der Waals surface area (Å²) in [5.41, 5.74) is 0. The molecule has 4 N–H and O–H groups in total. The second-order valence-electron chi connectivity index (χ2n) is 30.6. The first-order chi connectivity index (χ1) is 45.6. The van der Waals surface area contributed by atoms with E-state index in [2.05, 4.69) is 0 Å². The Morgan fingerprint density at radius 2 is 0.310 bits per heavy atom. The maximum Gasteiger partial charge on any atom is 0.152 e. The topological polar surface area (TPSA) is 391 Å². The van der Waals surface area contributed by atoms with Gasteiger partial charge in [-0.05, 0) is 205 Å². The number of methoxy groups -OCH3 is 4. The second-order valence-corrected chi connectivity index (χ2v) is 49.8. The van der Waals surface area contributed by atoms with Gasteiger partial charge in [0.05, 0.1) is 90.8 Å². The van der Waals surface area contributed by atoms with Crippen LogP contribution in [0.4, 0.5) is 0 Å². The molecule has 0 unspecified atom stereocenters. The molecule has 0 aromatic heterocycles. The lowest BCUT2D eigenvalue weighted by Crippen LogP contribution is -2.41. The number of ether oxygens (including phenoxy) is 4. The van der Waals surface area contributed by atoms with E-state index in [1.54, 1.807) is 83.8 Å². The van der Waals surface area contributed by atoms with Crippen molar-refractivity contribution in [3.8, 4) is 0 Å². The highest BCUT2D eigenvalue weighted by atomic mass is 32.2. The molecular weight excluding hydrogens is 1460 g/mol. The van der Waals surface area contributed by atoms with Crippen LogP contribution in [-0.2, 0) is 97.6 Å². The third kappa shape index (κ3) is 32.2. The maximum absolute atomic E-state index is 11.3. The minimum Gasteiger partial charge on any atom is -0.392 e. The molecule has 8 aliphatic rings. The molecule has 8 rings (SSSR count). The smallest absolute Gasteiger partial charge is 0.152 e. The van der Waals surface area contributed by atoms with E-state index in [4.69, 9.17) is 18.9 Å². The van der Waals surface area contributed by atoms with Crippen molar-refractivity contribution >= 4 is 78.7 Å². The van der Waals surface area contributed by atoms with Gasteiger partial charge >= 0.3 is 0 Å². The summed E-state index contributed by atoms with van der Waals surface area (Å²) in [6, 6.07) is 0. The van der Waals surface area contributed by atoms with Crippen LogP contribution in [-0.4, -0.2) is 257 Å². The largest absolute Gasteiger partial charge is 0.392 e. The molecule has 0 spiro atoms. The minimum absolute atomic E-state index is 0.108. The Hall–Kier alpha value is -0.720. The average molecular weight is 1590 g/mol. The van der Waals surface area contributed by atoms with Crippen molar-refractivity contribution in [1.29, 1.82) is 0 Å². The minimum atomic E-state index is -3.07. The normalized spacial score (nSPS) is 24.1. The van der Waals surface area contributed by atoms with E-state index in [0.717, 1.165) is 128 Å². The van der Waals surface area contributed by atoms with Crippen LogP contribution >= 0.6 is 0 Å². The van der Waals surface area contributed by atoms with Crippen molar-refractivity contribution in [2.75, 3.05) is 78.5 Å². The summed E-state index contributed by atoms with van der Waals surface area (Å²) in [6.07, 6.45) is 32.8. The van der Waals surface area contributed by atoms with E-state index < -0.39 is 124 Å². The molecule has 8 saturated carbocycles. The standard InChI is InChI=1S/4C9H18O3S.4C8H16O3S/c4*1-7(13(3,10)11)9(12-2)8-5-4-6-8;4*1-6(12(2,10)11)8(9)7-4-3-5-7/h4*7-9H,4-6H2,1-3H3;4*6-9H,3-5H2,1-2H3/t2*7-,9+;2*7-,9-;2*6-,8+;2*6-,8-/m10101010/s1. The summed E-state index contributed by atoms with van der Waals surface area (Å²) < 4.78 is 200. The third-order valence-corrected chi connectivity index (χ3v) is 36.2. The molecule has 0 heterocycles. The van der Waals surface area contributed by atoms with Gasteiger partial charge in [0.25, 0.3) is 0 Å². The fraction of sp³-hybridized carbons (Fsp3) is 1.00. The number of hydrogen-bond donors (Lipinski definition) is 4. The number of rotatable bonds is 28. The van der Waals surface area contributed by atoms with Gasteiger partial charge in [-0.1, -0.05) is 51.4 Å². The van der Waals surface area contributed by atoms with Crippen molar-refractivity contribution in [2.45, 2.75) is 300 Å². The number of hydrogen-bond acceptors (Lipinski definition) is 24. The summed E-state index contributed by atoms with van der Waals surface area (Å²) in [5.74, 6) is 2.68. The van der Waals surface area contributed by atoms with Crippen molar-refractivity contribution in [3.05, 3.63) is 0 Å².